The van der Waals surface area contributed by atoms with E-state index >= 15 is 0 Å². The van der Waals surface area contributed by atoms with Crippen LogP contribution in [0.5, 0.6) is 5.75 Å². The molecule has 2 aromatic carbocycles. The van der Waals surface area contributed by atoms with Crippen LogP contribution in [0.25, 0.3) is 34.4 Å². The fraction of sp³-hybridized carbons (Fsp3) is 0.290. The number of morpholine rings is 1. The number of carbonyl (C=O) groups is 2. The summed E-state index contributed by atoms with van der Waals surface area (Å²) in [7, 11) is 0. The molecule has 2 fully saturated rings. The van der Waals surface area contributed by atoms with Gasteiger partial charge in [0, 0.05) is 44.8 Å². The van der Waals surface area contributed by atoms with Crippen molar-refractivity contribution < 1.29 is 19.4 Å². The molecule has 0 saturated carbocycles. The van der Waals surface area contributed by atoms with Crippen LogP contribution in [0, 0.1) is 0 Å². The molecule has 0 radical (unpaired) electrons. The van der Waals surface area contributed by atoms with Crippen molar-refractivity contribution >= 4 is 35.0 Å². The van der Waals surface area contributed by atoms with Gasteiger partial charge in [0.1, 0.15) is 5.75 Å². The molecule has 10 heteroatoms. The molecule has 2 aromatic heterocycles. The third-order valence-electron chi connectivity index (χ3n) is 7.57. The first kappa shape index (κ1) is 26.7. The number of amides is 2. The molecule has 41 heavy (non-hydrogen) atoms. The van der Waals surface area contributed by atoms with E-state index in [1.54, 1.807) is 35.2 Å². The fourth-order valence-electron chi connectivity index (χ4n) is 5.24. The van der Waals surface area contributed by atoms with Crippen LogP contribution >= 0.6 is 0 Å². The van der Waals surface area contributed by atoms with E-state index in [1.165, 1.54) is 0 Å². The van der Waals surface area contributed by atoms with Crippen LogP contribution in [0.1, 0.15) is 21.6 Å². The molecule has 0 bridgehead atoms. The van der Waals surface area contributed by atoms with Crippen LogP contribution in [0.2, 0.25) is 0 Å². The Labute approximate surface area is 237 Å². The molecule has 10 nitrogen and oxygen atoms in total. The van der Waals surface area contributed by atoms with E-state index in [9.17, 15) is 14.7 Å². The number of fused-ring (bicyclic) bond motifs is 1. The van der Waals surface area contributed by atoms with Gasteiger partial charge >= 0.3 is 0 Å². The maximum atomic E-state index is 14.0. The highest BCUT2D eigenvalue weighted by Gasteiger charge is 2.28. The second-order valence-corrected chi connectivity index (χ2v) is 10.2. The number of carbonyl (C=O) groups excluding carboxylic acids is 2. The normalized spacial score (nSPS) is 16.5. The number of aromatic amines is 1. The van der Waals surface area contributed by atoms with Crippen molar-refractivity contribution in [1.82, 2.24) is 29.9 Å². The largest absolute Gasteiger partial charge is 0.508 e. The van der Waals surface area contributed by atoms with Gasteiger partial charge in [-0.1, -0.05) is 36.4 Å². The molecule has 4 aromatic rings. The minimum atomic E-state index is -0.131. The quantitative estimate of drug-likeness (QED) is 0.378. The van der Waals surface area contributed by atoms with Gasteiger partial charge in [-0.3, -0.25) is 19.6 Å². The van der Waals surface area contributed by atoms with E-state index in [0.717, 1.165) is 24.2 Å². The van der Waals surface area contributed by atoms with E-state index in [1.807, 2.05) is 47.4 Å². The molecule has 2 amide bonds. The molecule has 0 aliphatic carbocycles. The van der Waals surface area contributed by atoms with Crippen molar-refractivity contribution in [2.45, 2.75) is 0 Å². The number of phenolic OH excluding ortho intramolecular Hbond substituents is 1. The van der Waals surface area contributed by atoms with E-state index in [2.05, 4.69) is 15.1 Å². The van der Waals surface area contributed by atoms with Crippen molar-refractivity contribution in [3.63, 3.8) is 0 Å². The predicted octanol–water partition coefficient (Wildman–Crippen LogP) is 3.12. The lowest BCUT2D eigenvalue weighted by Gasteiger charge is -2.36. The van der Waals surface area contributed by atoms with Crippen LogP contribution in [0.3, 0.4) is 0 Å². The van der Waals surface area contributed by atoms with Gasteiger partial charge in [-0.15, -0.1) is 0 Å². The van der Waals surface area contributed by atoms with Gasteiger partial charge in [-0.05, 0) is 42.0 Å². The maximum Gasteiger partial charge on any atom is 0.254 e. The van der Waals surface area contributed by atoms with Crippen LogP contribution in [-0.4, -0.2) is 106 Å². The molecule has 2 saturated heterocycles. The van der Waals surface area contributed by atoms with Crippen LogP contribution < -0.4 is 0 Å². The minimum absolute atomic E-state index is 0.0862. The summed E-state index contributed by atoms with van der Waals surface area (Å²) in [4.78, 5) is 37.5. The first-order valence-electron chi connectivity index (χ1n) is 13.8. The van der Waals surface area contributed by atoms with Crippen LogP contribution in [0.15, 0.2) is 60.7 Å². The summed E-state index contributed by atoms with van der Waals surface area (Å²) in [5, 5.41) is 17.9. The Bertz CT molecular complexity index is 1550. The lowest BCUT2D eigenvalue weighted by Crippen LogP contribution is -2.53. The Morgan fingerprint density at radius 2 is 1.61 bits per heavy atom. The first-order chi connectivity index (χ1) is 20.0. The number of hydrogen-bond acceptors (Lipinski definition) is 7. The number of rotatable bonds is 6. The molecule has 0 atom stereocenters. The number of H-pyrrole nitrogens is 1. The average molecular weight is 553 g/mol. The van der Waals surface area contributed by atoms with Gasteiger partial charge in [0.05, 0.1) is 42.1 Å². The molecule has 6 rings (SSSR count). The fourth-order valence-corrected chi connectivity index (χ4v) is 5.24. The zero-order valence-electron chi connectivity index (χ0n) is 22.7. The Hall–Kier alpha value is -4.54. The maximum absolute atomic E-state index is 14.0. The van der Waals surface area contributed by atoms with Crippen molar-refractivity contribution in [1.29, 1.82) is 0 Å². The number of benzene rings is 2. The number of phenols is 1. The smallest absolute Gasteiger partial charge is 0.254 e. The van der Waals surface area contributed by atoms with Crippen LogP contribution in [0.4, 0.5) is 0 Å². The molecule has 4 heterocycles. The third kappa shape index (κ3) is 5.98. The molecule has 2 aliphatic rings. The molecule has 0 spiro atoms. The topological polar surface area (TPSA) is 115 Å². The van der Waals surface area contributed by atoms with Crippen molar-refractivity contribution in [3.8, 4) is 17.0 Å². The summed E-state index contributed by atoms with van der Waals surface area (Å²) < 4.78 is 5.38. The number of aromatic hydroxyl groups is 1. The monoisotopic (exact) mass is 552 g/mol. The molecule has 2 N–H and O–H groups in total. The summed E-state index contributed by atoms with van der Waals surface area (Å²) in [6.45, 7) is 5.06. The van der Waals surface area contributed by atoms with Crippen LogP contribution in [-0.2, 0) is 9.53 Å². The Morgan fingerprint density at radius 3 is 2.34 bits per heavy atom. The van der Waals surface area contributed by atoms with Gasteiger partial charge in [0.2, 0.25) is 5.91 Å². The lowest BCUT2D eigenvalue weighted by molar-refractivity contribution is -0.134. The van der Waals surface area contributed by atoms with Crippen molar-refractivity contribution in [3.05, 3.63) is 77.5 Å². The molecule has 210 valence electrons. The number of pyridine rings is 1. The summed E-state index contributed by atoms with van der Waals surface area (Å²) >= 11 is 0. The highest BCUT2D eigenvalue weighted by Crippen LogP contribution is 2.29. The Kier molecular flexibility index (Phi) is 7.75. The zero-order chi connectivity index (χ0) is 28.2. The van der Waals surface area contributed by atoms with E-state index in [-0.39, 0.29) is 17.6 Å². The first-order valence-corrected chi connectivity index (χ1v) is 13.8. The van der Waals surface area contributed by atoms with Gasteiger partial charge in [0.25, 0.3) is 5.91 Å². The molecule has 0 unspecified atom stereocenters. The lowest BCUT2D eigenvalue weighted by atomic mass is 10.0. The standard InChI is InChI=1S/C31H32N6O4/c38-24-9-7-23(8-10-24)27-20-25(29-26(33-34-30(29)32-27)11-6-22-4-2-1-3-5-22)31(40)37-14-12-36(13-15-37)28(39)21-35-16-18-41-19-17-35/h1-11,20,38H,12-19,21H2,(H,32,33,34)/b11-6+. The number of ether oxygens (including phenoxy) is 1. The van der Waals surface area contributed by atoms with E-state index in [0.29, 0.717) is 73.9 Å². The van der Waals surface area contributed by atoms with Crippen molar-refractivity contribution in [2.75, 3.05) is 59.0 Å². The summed E-state index contributed by atoms with van der Waals surface area (Å²) in [6, 6.07) is 18.4. The molecular weight excluding hydrogens is 520 g/mol. The number of piperazine rings is 1. The van der Waals surface area contributed by atoms with Gasteiger partial charge < -0.3 is 19.6 Å². The van der Waals surface area contributed by atoms with Crippen molar-refractivity contribution in [2.24, 2.45) is 0 Å². The minimum Gasteiger partial charge on any atom is -0.508 e. The van der Waals surface area contributed by atoms with Gasteiger partial charge in [0.15, 0.2) is 5.65 Å². The third-order valence-corrected chi connectivity index (χ3v) is 7.57. The number of nitrogens with zero attached hydrogens (tertiary/aromatic N) is 5. The van der Waals surface area contributed by atoms with E-state index < -0.39 is 0 Å². The second-order valence-electron chi connectivity index (χ2n) is 10.2. The number of hydrogen-bond donors (Lipinski definition) is 2. The predicted molar refractivity (Wildman–Crippen MR) is 156 cm³/mol. The highest BCUT2D eigenvalue weighted by atomic mass is 16.5. The summed E-state index contributed by atoms with van der Waals surface area (Å²) in [6.07, 6.45) is 3.84. The number of aromatic nitrogens is 3. The number of nitrogens with one attached hydrogen (secondary N) is 1. The Morgan fingerprint density at radius 1 is 0.902 bits per heavy atom. The Balaban J connectivity index is 1.27. The second kappa shape index (κ2) is 11.9. The zero-order valence-corrected chi connectivity index (χ0v) is 22.7. The molecule has 2 aliphatic heterocycles. The van der Waals surface area contributed by atoms with Gasteiger partial charge in [-0.2, -0.15) is 5.10 Å². The summed E-state index contributed by atoms with van der Waals surface area (Å²) in [5.41, 5.74) is 4.01. The summed E-state index contributed by atoms with van der Waals surface area (Å²) in [5.74, 6) is 0.110. The SMILES string of the molecule is O=C(CN1CCOCC1)N1CCN(C(=O)c2cc(-c3ccc(O)cc3)nc3[nH]nc(/C=C/c4ccccc4)c23)CC1. The average Bonchev–Trinajstić information content (AvgIpc) is 3.43. The van der Waals surface area contributed by atoms with E-state index in [4.69, 9.17) is 9.72 Å². The highest BCUT2D eigenvalue weighted by molar-refractivity contribution is 6.09. The van der Waals surface area contributed by atoms with Gasteiger partial charge in [-0.25, -0.2) is 4.98 Å². The molecular formula is C31H32N6O4.